The number of amides is 1. The topological polar surface area (TPSA) is 85.3 Å². The zero-order valence-corrected chi connectivity index (χ0v) is 17.4. The lowest BCUT2D eigenvalue weighted by Gasteiger charge is -2.15. The van der Waals surface area contributed by atoms with E-state index in [0.717, 1.165) is 11.8 Å². The van der Waals surface area contributed by atoms with E-state index in [1.54, 1.807) is 43.5 Å². The number of rotatable bonds is 6. The number of benzene rings is 2. The summed E-state index contributed by atoms with van der Waals surface area (Å²) >= 11 is 6.46. The van der Waals surface area contributed by atoms with Crippen molar-refractivity contribution in [3.63, 3.8) is 0 Å². The molecule has 1 amide bonds. The molecule has 3 rings (SSSR count). The van der Waals surface area contributed by atoms with Gasteiger partial charge in [0.2, 0.25) is 0 Å². The Labute approximate surface area is 176 Å². The van der Waals surface area contributed by atoms with Gasteiger partial charge in [0.1, 0.15) is 11.3 Å². The summed E-state index contributed by atoms with van der Waals surface area (Å²) in [6.07, 6.45) is 1.49. The van der Waals surface area contributed by atoms with E-state index >= 15 is 0 Å². The summed E-state index contributed by atoms with van der Waals surface area (Å²) in [4.78, 5) is 26.5. The van der Waals surface area contributed by atoms with Gasteiger partial charge in [-0.1, -0.05) is 30.0 Å². The molecule has 0 bridgehead atoms. The third-order valence-electron chi connectivity index (χ3n) is 4.20. The predicted molar refractivity (Wildman–Crippen MR) is 115 cm³/mol. The Morgan fingerprint density at radius 3 is 2.31 bits per heavy atom. The Balaban J connectivity index is 2.02. The number of carboxylic acid groups (broad SMARTS) is 1. The Kier molecular flexibility index (Phi) is 6.09. The number of anilines is 1. The van der Waals surface area contributed by atoms with Crippen LogP contribution in [0.15, 0.2) is 41.3 Å². The number of nitrogens with zero attached hydrogens (tertiary/aromatic N) is 1. The van der Waals surface area contributed by atoms with E-state index < -0.39 is 5.97 Å². The van der Waals surface area contributed by atoms with Crippen LogP contribution in [0, 0.1) is 0 Å². The smallest absolute Gasteiger partial charge is 0.340 e. The van der Waals surface area contributed by atoms with Crippen LogP contribution < -0.4 is 19.1 Å². The normalized spacial score (nSPS) is 15.0. The zero-order chi connectivity index (χ0) is 21.1. The SMILES string of the molecule is COc1ccc(N2C(=O)C(=Cc3ccc(OC)c(OC)c3C(=O)O)SC2=S)cc1. The summed E-state index contributed by atoms with van der Waals surface area (Å²) in [6, 6.07) is 10.1. The molecule has 0 saturated carbocycles. The highest BCUT2D eigenvalue weighted by molar-refractivity contribution is 8.27. The molecule has 1 aliphatic heterocycles. The molecule has 1 aliphatic rings. The molecule has 29 heavy (non-hydrogen) atoms. The van der Waals surface area contributed by atoms with Gasteiger partial charge >= 0.3 is 5.97 Å². The molecule has 0 radical (unpaired) electrons. The number of carbonyl (C=O) groups excluding carboxylic acids is 1. The lowest BCUT2D eigenvalue weighted by atomic mass is 10.0. The highest BCUT2D eigenvalue weighted by Crippen LogP contribution is 2.39. The van der Waals surface area contributed by atoms with Gasteiger partial charge in [0.25, 0.3) is 5.91 Å². The van der Waals surface area contributed by atoms with Crippen molar-refractivity contribution in [3.8, 4) is 17.2 Å². The molecule has 0 atom stereocenters. The van der Waals surface area contributed by atoms with E-state index in [1.165, 1.54) is 25.2 Å². The summed E-state index contributed by atoms with van der Waals surface area (Å²) in [5.41, 5.74) is 0.814. The van der Waals surface area contributed by atoms with Gasteiger partial charge in [-0.25, -0.2) is 4.79 Å². The van der Waals surface area contributed by atoms with Crippen LogP contribution in [0.25, 0.3) is 6.08 Å². The number of aromatic carboxylic acids is 1. The Bertz CT molecular complexity index is 1020. The maximum atomic E-state index is 12.9. The molecule has 7 nitrogen and oxygen atoms in total. The van der Waals surface area contributed by atoms with Gasteiger partial charge in [-0.15, -0.1) is 0 Å². The Morgan fingerprint density at radius 2 is 1.76 bits per heavy atom. The largest absolute Gasteiger partial charge is 0.497 e. The summed E-state index contributed by atoms with van der Waals surface area (Å²) in [6.45, 7) is 0. The fourth-order valence-electron chi connectivity index (χ4n) is 2.85. The average molecular weight is 431 g/mol. The van der Waals surface area contributed by atoms with Crippen LogP contribution in [-0.2, 0) is 4.79 Å². The predicted octanol–water partition coefficient (Wildman–Crippen LogP) is 3.82. The van der Waals surface area contributed by atoms with E-state index in [-0.39, 0.29) is 23.0 Å². The first-order valence-electron chi connectivity index (χ1n) is 8.31. The summed E-state index contributed by atoms with van der Waals surface area (Å²) in [5, 5.41) is 9.66. The molecule has 0 aromatic heterocycles. The van der Waals surface area contributed by atoms with Crippen LogP contribution in [0.4, 0.5) is 5.69 Å². The van der Waals surface area contributed by atoms with Crippen LogP contribution in [-0.4, -0.2) is 42.6 Å². The maximum absolute atomic E-state index is 12.9. The third kappa shape index (κ3) is 3.92. The van der Waals surface area contributed by atoms with Crippen molar-refractivity contribution >= 4 is 51.9 Å². The molecule has 0 aliphatic carbocycles. The molecule has 150 valence electrons. The number of methoxy groups -OCH3 is 3. The van der Waals surface area contributed by atoms with Crippen LogP contribution in [0.5, 0.6) is 17.2 Å². The molecule has 1 N–H and O–H groups in total. The van der Waals surface area contributed by atoms with Gasteiger partial charge in [0.15, 0.2) is 15.8 Å². The highest BCUT2D eigenvalue weighted by Gasteiger charge is 2.34. The van der Waals surface area contributed by atoms with Gasteiger partial charge in [-0.3, -0.25) is 9.69 Å². The monoisotopic (exact) mass is 431 g/mol. The van der Waals surface area contributed by atoms with Crippen molar-refractivity contribution < 1.29 is 28.9 Å². The van der Waals surface area contributed by atoms with E-state index in [4.69, 9.17) is 26.4 Å². The first kappa shape index (κ1) is 20.7. The molecule has 2 aromatic carbocycles. The van der Waals surface area contributed by atoms with Crippen molar-refractivity contribution in [2.45, 2.75) is 0 Å². The first-order chi connectivity index (χ1) is 13.9. The minimum atomic E-state index is -1.20. The summed E-state index contributed by atoms with van der Waals surface area (Å²) in [5.74, 6) is -0.507. The number of hydrogen-bond donors (Lipinski definition) is 1. The van der Waals surface area contributed by atoms with Gasteiger partial charge in [0, 0.05) is 0 Å². The van der Waals surface area contributed by atoms with E-state index in [1.807, 2.05) is 0 Å². The Hall–Kier alpha value is -3.04. The van der Waals surface area contributed by atoms with Crippen molar-refractivity contribution in [1.29, 1.82) is 0 Å². The standard InChI is InChI=1S/C20H17NO6S2/c1-25-13-7-5-12(6-8-13)21-18(22)15(29-20(21)28)10-11-4-9-14(26-2)17(27-3)16(11)19(23)24/h4-10H,1-3H3,(H,23,24). The molecule has 9 heteroatoms. The minimum absolute atomic E-state index is 0.0828. The second kappa shape index (κ2) is 8.54. The van der Waals surface area contributed by atoms with Gasteiger partial charge in [-0.05, 0) is 42.0 Å². The van der Waals surface area contributed by atoms with Gasteiger partial charge < -0.3 is 19.3 Å². The van der Waals surface area contributed by atoms with E-state index in [0.29, 0.717) is 26.2 Å². The molecule has 0 unspecified atom stereocenters. The van der Waals surface area contributed by atoms with E-state index in [2.05, 4.69) is 0 Å². The van der Waals surface area contributed by atoms with E-state index in [9.17, 15) is 14.7 Å². The molecular formula is C20H17NO6S2. The third-order valence-corrected chi connectivity index (χ3v) is 5.50. The van der Waals surface area contributed by atoms with Crippen LogP contribution in [0.2, 0.25) is 0 Å². The summed E-state index contributed by atoms with van der Waals surface area (Å²) in [7, 11) is 4.33. The molecule has 0 spiro atoms. The number of thioether (sulfide) groups is 1. The zero-order valence-electron chi connectivity index (χ0n) is 15.8. The second-order valence-corrected chi connectivity index (χ2v) is 7.46. The van der Waals surface area contributed by atoms with Gasteiger partial charge in [-0.2, -0.15) is 0 Å². The van der Waals surface area contributed by atoms with Crippen LogP contribution in [0.3, 0.4) is 0 Å². The summed E-state index contributed by atoms with van der Waals surface area (Å²) < 4.78 is 15.9. The number of carboxylic acids is 1. The molecular weight excluding hydrogens is 414 g/mol. The quantitative estimate of drug-likeness (QED) is 0.546. The first-order valence-corrected chi connectivity index (χ1v) is 9.54. The number of ether oxygens (including phenoxy) is 3. The second-order valence-electron chi connectivity index (χ2n) is 5.79. The number of thiocarbonyl (C=S) groups is 1. The van der Waals surface area contributed by atoms with Crippen molar-refractivity contribution in [2.24, 2.45) is 0 Å². The molecule has 2 aromatic rings. The van der Waals surface area contributed by atoms with Crippen LogP contribution >= 0.6 is 24.0 Å². The minimum Gasteiger partial charge on any atom is -0.497 e. The fraction of sp³-hybridized carbons (Fsp3) is 0.150. The van der Waals surface area contributed by atoms with Crippen molar-refractivity contribution in [3.05, 3.63) is 52.4 Å². The number of hydrogen-bond acceptors (Lipinski definition) is 7. The van der Waals surface area contributed by atoms with Gasteiger partial charge in [0.05, 0.1) is 31.9 Å². The van der Waals surface area contributed by atoms with Crippen molar-refractivity contribution in [1.82, 2.24) is 0 Å². The molecule has 1 heterocycles. The lowest BCUT2D eigenvalue weighted by molar-refractivity contribution is -0.113. The average Bonchev–Trinajstić information content (AvgIpc) is 3.00. The number of carbonyl (C=O) groups is 2. The highest BCUT2D eigenvalue weighted by atomic mass is 32.2. The van der Waals surface area contributed by atoms with Crippen molar-refractivity contribution in [2.75, 3.05) is 26.2 Å². The molecule has 1 fully saturated rings. The Morgan fingerprint density at radius 1 is 1.07 bits per heavy atom. The van der Waals surface area contributed by atoms with Crippen LogP contribution in [0.1, 0.15) is 15.9 Å². The maximum Gasteiger partial charge on any atom is 0.340 e. The lowest BCUT2D eigenvalue weighted by Crippen LogP contribution is -2.27. The molecule has 1 saturated heterocycles. The fourth-order valence-corrected chi connectivity index (χ4v) is 4.14.